The maximum Gasteiger partial charge on any atom is 0.254 e. The van der Waals surface area contributed by atoms with Crippen molar-refractivity contribution in [3.8, 4) is 0 Å². The van der Waals surface area contributed by atoms with Gasteiger partial charge in [0.2, 0.25) is 0 Å². The van der Waals surface area contributed by atoms with Gasteiger partial charge in [0.05, 0.1) is 48.3 Å². The Morgan fingerprint density at radius 1 is 0.741 bits per heavy atom. The second-order valence-electron chi connectivity index (χ2n) is 12.1. The molecule has 5 N–H and O–H groups in total. The van der Waals surface area contributed by atoms with E-state index in [9.17, 15) is 9.59 Å². The molecule has 2 aromatic carbocycles. The summed E-state index contributed by atoms with van der Waals surface area (Å²) in [7, 11) is 0. The number of nitrogens with zero attached hydrogens (tertiary/aromatic N) is 4. The number of carbonyl (C=O) groups is 2. The molecule has 0 spiro atoms. The minimum atomic E-state index is -0.167. The molecule has 6 rings (SSSR count). The fourth-order valence-corrected chi connectivity index (χ4v) is 6.31. The van der Waals surface area contributed by atoms with Crippen LogP contribution in [0.3, 0.4) is 0 Å². The zero-order valence-electron chi connectivity index (χ0n) is 29.6. The Balaban J connectivity index is 0.000000244. The maximum atomic E-state index is 12.5. The van der Waals surface area contributed by atoms with Gasteiger partial charge in [-0.15, -0.1) is 0 Å². The van der Waals surface area contributed by atoms with E-state index in [2.05, 4.69) is 67.6 Å². The third-order valence-electron chi connectivity index (χ3n) is 8.11. The van der Waals surface area contributed by atoms with Gasteiger partial charge in [-0.2, -0.15) is 0 Å². The number of nitrogens with two attached hydrogens (primary N) is 1. The van der Waals surface area contributed by atoms with Crippen molar-refractivity contribution in [2.24, 2.45) is 0 Å². The standard InChI is InChI=1S/C19H23BrN4O2.C13H18ClN3O2.C6H6BrN.CH4/c20-15-3-1-4-16(13-15)23-18-5-7-21-14-17(18)19(25)22-6-2-8-24-9-11-26-12-10-24;14-12-2-4-15-10-11(12)13(18)16-3-1-5-17-6-8-19-9-7-17;7-5-2-1-3-6(8)4-5;/h1,3-5,7,13-14H,2,6,8-12H2,(H,21,23)(H,22,25);2,4,10H,1,3,5-9H2,(H,16,18);1-4H,8H2;1H4. The van der Waals surface area contributed by atoms with Crippen LogP contribution in [0, 0.1) is 0 Å². The first kappa shape index (κ1) is 44.8. The van der Waals surface area contributed by atoms with Crippen LogP contribution in [0.25, 0.3) is 0 Å². The molecule has 4 heterocycles. The van der Waals surface area contributed by atoms with Crippen molar-refractivity contribution in [3.05, 3.63) is 111 Å². The molecule has 0 radical (unpaired) electrons. The molecule has 2 aliphatic heterocycles. The number of ether oxygens (including phenoxy) is 2. The highest BCUT2D eigenvalue weighted by Gasteiger charge is 2.14. The molecule has 2 fully saturated rings. The topological polar surface area (TPSA) is 147 Å². The number of aromatic nitrogens is 2. The van der Waals surface area contributed by atoms with Crippen molar-refractivity contribution < 1.29 is 19.1 Å². The number of morpholine rings is 2. The Bertz CT molecular complexity index is 1690. The highest BCUT2D eigenvalue weighted by Crippen LogP contribution is 2.23. The van der Waals surface area contributed by atoms with Crippen LogP contribution in [0.2, 0.25) is 5.02 Å². The van der Waals surface area contributed by atoms with Gasteiger partial charge in [0, 0.05) is 84.4 Å². The molecule has 0 atom stereocenters. The van der Waals surface area contributed by atoms with Gasteiger partial charge in [0.15, 0.2) is 0 Å². The summed E-state index contributed by atoms with van der Waals surface area (Å²) in [5, 5.41) is 9.56. The zero-order chi connectivity index (χ0) is 37.7. The molecule has 0 aliphatic carbocycles. The number of rotatable bonds is 12. The van der Waals surface area contributed by atoms with Gasteiger partial charge in [-0.3, -0.25) is 29.4 Å². The summed E-state index contributed by atoms with van der Waals surface area (Å²) >= 11 is 12.7. The number of benzene rings is 2. The van der Waals surface area contributed by atoms with Crippen LogP contribution in [0.1, 0.15) is 41.0 Å². The molecular weight excluding hydrogens is 840 g/mol. The molecule has 2 aromatic heterocycles. The largest absolute Gasteiger partial charge is 0.399 e. The van der Waals surface area contributed by atoms with Gasteiger partial charge in [-0.05, 0) is 74.5 Å². The molecule has 15 heteroatoms. The Hall–Kier alpha value is -3.63. The summed E-state index contributed by atoms with van der Waals surface area (Å²) in [6, 6.07) is 18.8. The van der Waals surface area contributed by atoms with Gasteiger partial charge in [-0.1, -0.05) is 63.0 Å². The minimum Gasteiger partial charge on any atom is -0.399 e. The second-order valence-corrected chi connectivity index (χ2v) is 14.3. The van der Waals surface area contributed by atoms with E-state index in [1.54, 1.807) is 24.7 Å². The summed E-state index contributed by atoms with van der Waals surface area (Å²) in [6.07, 6.45) is 8.16. The Morgan fingerprint density at radius 2 is 1.26 bits per heavy atom. The number of hydrogen-bond acceptors (Lipinski definition) is 10. The number of carbonyl (C=O) groups excluding carboxylic acids is 2. The average Bonchev–Trinajstić information content (AvgIpc) is 3.17. The van der Waals surface area contributed by atoms with E-state index in [0.717, 1.165) is 105 Å². The lowest BCUT2D eigenvalue weighted by atomic mass is 10.2. The molecule has 0 unspecified atom stereocenters. The van der Waals surface area contributed by atoms with Crippen molar-refractivity contribution in [1.29, 1.82) is 0 Å². The van der Waals surface area contributed by atoms with E-state index in [0.29, 0.717) is 29.2 Å². The lowest BCUT2D eigenvalue weighted by Gasteiger charge is -2.26. The van der Waals surface area contributed by atoms with Crippen LogP contribution < -0.4 is 21.7 Å². The first-order valence-electron chi connectivity index (χ1n) is 17.5. The van der Waals surface area contributed by atoms with Crippen molar-refractivity contribution in [3.63, 3.8) is 0 Å². The third kappa shape index (κ3) is 16.8. The predicted octanol–water partition coefficient (Wildman–Crippen LogP) is 6.89. The number of hydrogen-bond donors (Lipinski definition) is 4. The highest BCUT2D eigenvalue weighted by atomic mass is 79.9. The van der Waals surface area contributed by atoms with Gasteiger partial charge >= 0.3 is 0 Å². The van der Waals surface area contributed by atoms with E-state index < -0.39 is 0 Å². The van der Waals surface area contributed by atoms with Gasteiger partial charge < -0.3 is 31.2 Å². The lowest BCUT2D eigenvalue weighted by Crippen LogP contribution is -2.38. The molecule has 2 amide bonds. The Labute approximate surface area is 340 Å². The van der Waals surface area contributed by atoms with E-state index >= 15 is 0 Å². The van der Waals surface area contributed by atoms with Crippen LogP contribution >= 0.6 is 43.5 Å². The second kappa shape index (κ2) is 25.4. The van der Waals surface area contributed by atoms with Gasteiger partial charge in [-0.25, -0.2) is 0 Å². The van der Waals surface area contributed by atoms with Crippen LogP contribution in [-0.2, 0) is 9.47 Å². The summed E-state index contributed by atoms with van der Waals surface area (Å²) in [4.78, 5) is 37.1. The maximum absolute atomic E-state index is 12.5. The quantitative estimate of drug-likeness (QED) is 0.0876. The van der Waals surface area contributed by atoms with Crippen molar-refractivity contribution >= 4 is 72.3 Å². The van der Waals surface area contributed by atoms with Crippen LogP contribution in [-0.4, -0.2) is 110 Å². The molecule has 4 aromatic rings. The lowest BCUT2D eigenvalue weighted by molar-refractivity contribution is 0.0373. The van der Waals surface area contributed by atoms with E-state index in [1.165, 1.54) is 6.20 Å². The zero-order valence-corrected chi connectivity index (χ0v) is 33.5. The van der Waals surface area contributed by atoms with Crippen LogP contribution in [0.4, 0.5) is 17.1 Å². The molecule has 0 bridgehead atoms. The molecule has 292 valence electrons. The van der Waals surface area contributed by atoms with Gasteiger partial charge in [0.25, 0.3) is 11.8 Å². The Morgan fingerprint density at radius 3 is 1.78 bits per heavy atom. The number of pyridine rings is 2. The van der Waals surface area contributed by atoms with E-state index in [1.807, 2.05) is 54.6 Å². The van der Waals surface area contributed by atoms with E-state index in [4.69, 9.17) is 26.8 Å². The van der Waals surface area contributed by atoms with E-state index in [-0.39, 0.29) is 19.2 Å². The number of nitrogen functional groups attached to an aromatic ring is 1. The fraction of sp³-hybridized carbons (Fsp3) is 0.385. The van der Waals surface area contributed by atoms with Crippen LogP contribution in [0.15, 0.2) is 94.4 Å². The summed E-state index contributed by atoms with van der Waals surface area (Å²) in [5.41, 5.74) is 8.84. The number of anilines is 3. The molecule has 12 nitrogen and oxygen atoms in total. The number of halogens is 3. The molecule has 2 aliphatic rings. The summed E-state index contributed by atoms with van der Waals surface area (Å²) < 4.78 is 12.6. The first-order valence-corrected chi connectivity index (χ1v) is 19.5. The molecule has 2 saturated heterocycles. The fourth-order valence-electron chi connectivity index (χ4n) is 5.31. The SMILES string of the molecule is C.Nc1cccc(Br)c1.O=C(NCCCN1CCOCC1)c1cnccc1Cl.O=C(NCCCN1CCOCC1)c1cnccc1Nc1cccc(Br)c1. The van der Waals surface area contributed by atoms with Crippen molar-refractivity contribution in [2.45, 2.75) is 20.3 Å². The Kier molecular flexibility index (Phi) is 21.1. The molecule has 0 saturated carbocycles. The van der Waals surface area contributed by atoms with Crippen molar-refractivity contribution in [1.82, 2.24) is 30.4 Å². The third-order valence-corrected chi connectivity index (χ3v) is 9.43. The van der Waals surface area contributed by atoms with Crippen molar-refractivity contribution in [2.75, 3.05) is 89.8 Å². The monoisotopic (exact) mass is 888 g/mol. The smallest absolute Gasteiger partial charge is 0.254 e. The number of nitrogens with one attached hydrogen (secondary N) is 3. The van der Waals surface area contributed by atoms with Gasteiger partial charge in [0.1, 0.15) is 0 Å². The predicted molar refractivity (Wildman–Crippen MR) is 225 cm³/mol. The van der Waals surface area contributed by atoms with Crippen LogP contribution in [0.5, 0.6) is 0 Å². The minimum absolute atomic E-state index is 0. The highest BCUT2D eigenvalue weighted by molar-refractivity contribution is 9.10. The molecular formula is C39H51Br2ClN8O4. The summed E-state index contributed by atoms with van der Waals surface area (Å²) in [6.45, 7) is 10.3. The molecule has 54 heavy (non-hydrogen) atoms. The number of amides is 2. The normalized spacial score (nSPS) is 14.2. The first-order chi connectivity index (χ1) is 25.8. The average molecular weight is 891 g/mol. The summed E-state index contributed by atoms with van der Waals surface area (Å²) in [5.74, 6) is -0.280.